The minimum absolute atomic E-state index is 0.0783. The number of ether oxygens (including phenoxy) is 1. The number of aryl methyl sites for hydroxylation is 1. The minimum atomic E-state index is -0.447. The Morgan fingerprint density at radius 2 is 1.87 bits per heavy atom. The molecular formula is C19H30N2O2. The van der Waals surface area contributed by atoms with E-state index in [1.54, 1.807) is 0 Å². The summed E-state index contributed by atoms with van der Waals surface area (Å²) in [5.74, 6) is 1.41. The molecule has 1 atom stereocenters. The van der Waals surface area contributed by atoms with E-state index in [1.807, 2.05) is 43.0 Å². The molecular weight excluding hydrogens is 288 g/mol. The lowest BCUT2D eigenvalue weighted by Gasteiger charge is -2.40. The van der Waals surface area contributed by atoms with Crippen LogP contribution in [0.5, 0.6) is 5.75 Å². The number of benzene rings is 1. The Morgan fingerprint density at radius 1 is 1.30 bits per heavy atom. The van der Waals surface area contributed by atoms with Gasteiger partial charge in [-0.3, -0.25) is 4.79 Å². The fourth-order valence-corrected chi connectivity index (χ4v) is 3.18. The van der Waals surface area contributed by atoms with E-state index in [4.69, 9.17) is 10.5 Å². The van der Waals surface area contributed by atoms with Gasteiger partial charge in [-0.25, -0.2) is 0 Å². The molecule has 0 bridgehead atoms. The highest BCUT2D eigenvalue weighted by Crippen LogP contribution is 2.34. The molecule has 23 heavy (non-hydrogen) atoms. The minimum Gasteiger partial charge on any atom is -0.481 e. The molecule has 1 amide bonds. The molecule has 0 aromatic heterocycles. The average molecular weight is 318 g/mol. The van der Waals surface area contributed by atoms with Gasteiger partial charge in [0.2, 0.25) is 0 Å². The van der Waals surface area contributed by atoms with E-state index in [1.165, 1.54) is 5.56 Å². The number of nitrogens with two attached hydrogens (primary N) is 1. The van der Waals surface area contributed by atoms with Crippen molar-refractivity contribution in [1.82, 2.24) is 4.90 Å². The maximum atomic E-state index is 12.6. The Morgan fingerprint density at radius 3 is 2.39 bits per heavy atom. The normalized spacial score (nSPS) is 17.9. The first-order chi connectivity index (χ1) is 10.8. The standard InChI is InChI=1S/C19H30N2O2/c1-14-5-7-17(8-6-14)23-15(2)18(22)21-11-9-16(10-12-21)19(3,4)13-20/h5-8,15-16H,9-13,20H2,1-4H3/t15-/m0/s1. The molecule has 1 aliphatic heterocycles. The predicted octanol–water partition coefficient (Wildman–Crippen LogP) is 2.99. The van der Waals surface area contributed by atoms with Gasteiger partial charge in [0.25, 0.3) is 5.91 Å². The molecule has 0 aliphatic carbocycles. The summed E-state index contributed by atoms with van der Waals surface area (Å²) >= 11 is 0. The van der Waals surface area contributed by atoms with Gasteiger partial charge < -0.3 is 15.4 Å². The Labute approximate surface area is 140 Å². The first-order valence-electron chi connectivity index (χ1n) is 8.55. The first kappa shape index (κ1) is 17.8. The van der Waals surface area contributed by atoms with Crippen molar-refractivity contribution in [2.24, 2.45) is 17.1 Å². The van der Waals surface area contributed by atoms with Crippen LogP contribution in [0.1, 0.15) is 39.2 Å². The second-order valence-corrected chi connectivity index (χ2v) is 7.37. The van der Waals surface area contributed by atoms with Crippen molar-refractivity contribution in [2.45, 2.75) is 46.6 Å². The lowest BCUT2D eigenvalue weighted by Crippen LogP contribution is -2.47. The molecule has 1 heterocycles. The van der Waals surface area contributed by atoms with Crippen LogP contribution in [0.25, 0.3) is 0 Å². The van der Waals surface area contributed by atoms with Crippen LogP contribution < -0.4 is 10.5 Å². The lowest BCUT2D eigenvalue weighted by molar-refractivity contribution is -0.139. The van der Waals surface area contributed by atoms with Crippen molar-refractivity contribution in [3.63, 3.8) is 0 Å². The molecule has 0 radical (unpaired) electrons. The van der Waals surface area contributed by atoms with Crippen molar-refractivity contribution in [3.05, 3.63) is 29.8 Å². The number of carbonyl (C=O) groups excluding carboxylic acids is 1. The van der Waals surface area contributed by atoms with Crippen LogP contribution in [0.4, 0.5) is 0 Å². The van der Waals surface area contributed by atoms with Crippen LogP contribution >= 0.6 is 0 Å². The van der Waals surface area contributed by atoms with Gasteiger partial charge in [-0.2, -0.15) is 0 Å². The highest BCUT2D eigenvalue weighted by Gasteiger charge is 2.34. The maximum absolute atomic E-state index is 12.6. The van der Waals surface area contributed by atoms with Gasteiger partial charge in [0, 0.05) is 13.1 Å². The molecule has 1 aromatic carbocycles. The number of likely N-dealkylation sites (tertiary alicyclic amines) is 1. The molecule has 0 unspecified atom stereocenters. The number of rotatable bonds is 5. The number of hydrogen-bond donors (Lipinski definition) is 1. The lowest BCUT2D eigenvalue weighted by atomic mass is 9.74. The van der Waals surface area contributed by atoms with Crippen LogP contribution in [-0.4, -0.2) is 36.5 Å². The largest absolute Gasteiger partial charge is 0.481 e. The van der Waals surface area contributed by atoms with Crippen molar-refractivity contribution >= 4 is 5.91 Å². The van der Waals surface area contributed by atoms with E-state index >= 15 is 0 Å². The van der Waals surface area contributed by atoms with Gasteiger partial charge in [0.15, 0.2) is 6.10 Å². The molecule has 1 aliphatic rings. The van der Waals surface area contributed by atoms with Gasteiger partial charge in [0.1, 0.15) is 5.75 Å². The molecule has 128 valence electrons. The highest BCUT2D eigenvalue weighted by atomic mass is 16.5. The first-order valence-corrected chi connectivity index (χ1v) is 8.55. The number of hydrogen-bond acceptors (Lipinski definition) is 3. The zero-order chi connectivity index (χ0) is 17.0. The summed E-state index contributed by atoms with van der Waals surface area (Å²) in [6, 6.07) is 7.81. The van der Waals surface area contributed by atoms with Crippen LogP contribution in [0, 0.1) is 18.3 Å². The van der Waals surface area contributed by atoms with Gasteiger partial charge >= 0.3 is 0 Å². The van der Waals surface area contributed by atoms with Crippen molar-refractivity contribution in [1.29, 1.82) is 0 Å². The molecule has 2 rings (SSSR count). The Balaban J connectivity index is 1.88. The molecule has 1 saturated heterocycles. The average Bonchev–Trinajstić information content (AvgIpc) is 2.56. The monoisotopic (exact) mass is 318 g/mol. The SMILES string of the molecule is Cc1ccc(O[C@@H](C)C(=O)N2CCC(C(C)(C)CN)CC2)cc1. The van der Waals surface area contributed by atoms with Crippen molar-refractivity contribution in [3.8, 4) is 5.75 Å². The van der Waals surface area contributed by atoms with Crippen molar-refractivity contribution < 1.29 is 9.53 Å². The van der Waals surface area contributed by atoms with Gasteiger partial charge in [-0.05, 0) is 56.7 Å². The van der Waals surface area contributed by atoms with Gasteiger partial charge in [-0.15, -0.1) is 0 Å². The van der Waals surface area contributed by atoms with Crippen molar-refractivity contribution in [2.75, 3.05) is 19.6 Å². The third-order valence-electron chi connectivity index (χ3n) is 5.12. The smallest absolute Gasteiger partial charge is 0.263 e. The van der Waals surface area contributed by atoms with Crippen LogP contribution in [-0.2, 0) is 4.79 Å². The zero-order valence-electron chi connectivity index (χ0n) is 14.8. The third-order valence-corrected chi connectivity index (χ3v) is 5.12. The second kappa shape index (κ2) is 7.35. The Bertz CT molecular complexity index is 517. The highest BCUT2D eigenvalue weighted by molar-refractivity contribution is 5.81. The summed E-state index contributed by atoms with van der Waals surface area (Å²) < 4.78 is 5.79. The summed E-state index contributed by atoms with van der Waals surface area (Å²) in [5, 5.41) is 0. The van der Waals surface area contributed by atoms with E-state index in [0.717, 1.165) is 31.7 Å². The fourth-order valence-electron chi connectivity index (χ4n) is 3.18. The molecule has 0 saturated carbocycles. The summed E-state index contributed by atoms with van der Waals surface area (Å²) in [6.45, 7) is 10.6. The molecule has 1 aromatic rings. The molecule has 1 fully saturated rings. The number of amides is 1. The fraction of sp³-hybridized carbons (Fsp3) is 0.632. The van der Waals surface area contributed by atoms with Crippen LogP contribution in [0.3, 0.4) is 0 Å². The number of carbonyl (C=O) groups is 1. The van der Waals surface area contributed by atoms with Crippen LogP contribution in [0.2, 0.25) is 0 Å². The van der Waals surface area contributed by atoms with Gasteiger partial charge in [-0.1, -0.05) is 31.5 Å². The molecule has 2 N–H and O–H groups in total. The quantitative estimate of drug-likeness (QED) is 0.908. The van der Waals surface area contributed by atoms with Gasteiger partial charge in [0.05, 0.1) is 0 Å². The molecule has 4 heteroatoms. The summed E-state index contributed by atoms with van der Waals surface area (Å²) in [7, 11) is 0. The van der Waals surface area contributed by atoms with E-state index in [-0.39, 0.29) is 11.3 Å². The number of nitrogens with zero attached hydrogens (tertiary/aromatic N) is 1. The second-order valence-electron chi connectivity index (χ2n) is 7.37. The summed E-state index contributed by atoms with van der Waals surface area (Å²) in [5.41, 5.74) is 7.21. The summed E-state index contributed by atoms with van der Waals surface area (Å²) in [6.07, 6.45) is 1.59. The molecule has 0 spiro atoms. The van der Waals surface area contributed by atoms with E-state index < -0.39 is 6.10 Å². The Hall–Kier alpha value is -1.55. The maximum Gasteiger partial charge on any atom is 0.263 e. The van der Waals surface area contributed by atoms with E-state index in [0.29, 0.717) is 12.5 Å². The topological polar surface area (TPSA) is 55.6 Å². The third kappa shape index (κ3) is 4.47. The zero-order valence-corrected chi connectivity index (χ0v) is 14.8. The predicted molar refractivity (Wildman–Crippen MR) is 93.4 cm³/mol. The summed E-state index contributed by atoms with van der Waals surface area (Å²) in [4.78, 5) is 14.5. The number of piperidine rings is 1. The molecule has 4 nitrogen and oxygen atoms in total. The Kier molecular flexibility index (Phi) is 5.69. The van der Waals surface area contributed by atoms with E-state index in [2.05, 4.69) is 13.8 Å². The van der Waals surface area contributed by atoms with Crippen LogP contribution in [0.15, 0.2) is 24.3 Å². The van der Waals surface area contributed by atoms with E-state index in [9.17, 15) is 4.79 Å².